The lowest BCUT2D eigenvalue weighted by Gasteiger charge is -2.35. The Kier molecular flexibility index (Phi) is 10.4. The number of halogens is 3. The number of amides is 2. The topological polar surface area (TPSA) is 43.9 Å². The van der Waals surface area contributed by atoms with Crippen molar-refractivity contribution >= 4 is 52.0 Å². The summed E-state index contributed by atoms with van der Waals surface area (Å²) in [7, 11) is 0. The first-order valence-electron chi connectivity index (χ1n) is 14.4. The zero-order valence-corrected chi connectivity index (χ0v) is 25.4. The highest BCUT2D eigenvalue weighted by Gasteiger charge is 2.32. The van der Waals surface area contributed by atoms with E-state index in [1.54, 1.807) is 24.3 Å². The first kappa shape index (κ1) is 30.0. The Balaban J connectivity index is 1.15. The number of benzene rings is 2. The molecule has 2 aliphatic heterocycles. The smallest absolute Gasteiger partial charge is 0.263 e. The number of likely N-dealkylation sites (tertiary alicyclic amines) is 2. The van der Waals surface area contributed by atoms with Crippen LogP contribution in [0.3, 0.4) is 0 Å². The van der Waals surface area contributed by atoms with Crippen molar-refractivity contribution in [1.82, 2.24) is 9.80 Å². The molecule has 2 amide bonds. The van der Waals surface area contributed by atoms with Crippen molar-refractivity contribution in [2.24, 2.45) is 11.8 Å². The molecule has 1 aromatic heterocycles. The predicted octanol–water partition coefficient (Wildman–Crippen LogP) is 7.42. The minimum atomic E-state index is -0.188. The predicted molar refractivity (Wildman–Crippen MR) is 166 cm³/mol. The first-order valence-corrected chi connectivity index (χ1v) is 16.1. The third kappa shape index (κ3) is 7.89. The molecule has 5 rings (SSSR count). The summed E-state index contributed by atoms with van der Waals surface area (Å²) in [6.45, 7) is 4.74. The minimum Gasteiger partial charge on any atom is -0.338 e. The molecule has 5 nitrogen and oxygen atoms in total. The Bertz CT molecular complexity index is 1300. The summed E-state index contributed by atoms with van der Waals surface area (Å²) in [6.07, 6.45) is 5.38. The van der Waals surface area contributed by atoms with Crippen molar-refractivity contribution < 1.29 is 14.0 Å². The van der Waals surface area contributed by atoms with Gasteiger partial charge in [0, 0.05) is 31.2 Å². The molecule has 2 saturated heterocycles. The van der Waals surface area contributed by atoms with Gasteiger partial charge in [-0.15, -0.1) is 11.3 Å². The Morgan fingerprint density at radius 1 is 0.927 bits per heavy atom. The Morgan fingerprint density at radius 2 is 1.66 bits per heavy atom. The van der Waals surface area contributed by atoms with E-state index in [4.69, 9.17) is 23.2 Å². The number of thiophene rings is 1. The number of hydrogen-bond acceptors (Lipinski definition) is 4. The summed E-state index contributed by atoms with van der Waals surface area (Å²) in [5.74, 6) is 0.424. The third-order valence-electron chi connectivity index (χ3n) is 8.35. The van der Waals surface area contributed by atoms with E-state index in [0.717, 1.165) is 55.9 Å². The Hall–Kier alpha value is -2.45. The average Bonchev–Trinajstić information content (AvgIpc) is 3.54. The number of carbonyl (C=O) groups is 2. The van der Waals surface area contributed by atoms with E-state index in [2.05, 4.69) is 4.90 Å². The van der Waals surface area contributed by atoms with E-state index in [-0.39, 0.29) is 23.5 Å². The fourth-order valence-corrected chi connectivity index (χ4v) is 6.93. The molecule has 2 aliphatic rings. The molecule has 0 bridgehead atoms. The van der Waals surface area contributed by atoms with Crippen LogP contribution in [0.2, 0.25) is 10.0 Å². The van der Waals surface area contributed by atoms with Crippen LogP contribution < -0.4 is 4.90 Å². The first-order chi connectivity index (χ1) is 19.9. The molecule has 41 heavy (non-hydrogen) atoms. The third-order valence-corrected chi connectivity index (χ3v) is 9.94. The van der Waals surface area contributed by atoms with Crippen LogP contribution in [0.5, 0.6) is 0 Å². The van der Waals surface area contributed by atoms with Crippen LogP contribution in [0.15, 0.2) is 60.0 Å². The van der Waals surface area contributed by atoms with E-state index < -0.39 is 0 Å². The van der Waals surface area contributed by atoms with E-state index in [9.17, 15) is 14.0 Å². The highest BCUT2D eigenvalue weighted by Crippen LogP contribution is 2.30. The molecule has 0 radical (unpaired) electrons. The van der Waals surface area contributed by atoms with Crippen LogP contribution in [-0.2, 0) is 11.2 Å². The van der Waals surface area contributed by atoms with Gasteiger partial charge in [0.2, 0.25) is 5.91 Å². The van der Waals surface area contributed by atoms with Crippen LogP contribution in [0.1, 0.15) is 47.3 Å². The summed E-state index contributed by atoms with van der Waals surface area (Å²) >= 11 is 14.0. The van der Waals surface area contributed by atoms with E-state index in [1.165, 1.54) is 16.9 Å². The highest BCUT2D eigenvalue weighted by atomic mass is 35.5. The fraction of sp³-hybridized carbons (Fsp3) is 0.438. The van der Waals surface area contributed by atoms with Crippen molar-refractivity contribution in [2.75, 3.05) is 44.2 Å². The second-order valence-corrected chi connectivity index (χ2v) is 12.9. The molecule has 3 aromatic rings. The van der Waals surface area contributed by atoms with Gasteiger partial charge in [0.15, 0.2) is 0 Å². The van der Waals surface area contributed by atoms with Crippen LogP contribution in [-0.4, -0.2) is 60.9 Å². The second-order valence-electron chi connectivity index (χ2n) is 11.1. The largest absolute Gasteiger partial charge is 0.338 e. The van der Waals surface area contributed by atoms with Crippen LogP contribution in [0, 0.1) is 17.7 Å². The van der Waals surface area contributed by atoms with Gasteiger partial charge in [-0.25, -0.2) is 4.39 Å². The van der Waals surface area contributed by atoms with E-state index in [1.807, 2.05) is 45.5 Å². The number of anilines is 1. The lowest BCUT2D eigenvalue weighted by atomic mass is 9.90. The molecule has 3 heterocycles. The molecule has 2 fully saturated rings. The van der Waals surface area contributed by atoms with Crippen molar-refractivity contribution in [3.8, 4) is 0 Å². The normalized spacial score (nSPS) is 17.1. The number of piperidine rings is 2. The molecule has 9 heteroatoms. The molecule has 0 atom stereocenters. The maximum Gasteiger partial charge on any atom is 0.263 e. The van der Waals surface area contributed by atoms with Gasteiger partial charge in [0.05, 0.1) is 14.9 Å². The standard InChI is InChI=1S/C32H36Cl2FN3O2S/c33-28-9-8-27(22-29(28)34)38(31(39)25-12-18-37(19-13-25)32(40)30-3-1-20-41-30)15-2-14-36-16-10-24(11-17-36)21-23-4-6-26(35)7-5-23/h1,3-9,20,22,24-25H,2,10-19,21H2. The summed E-state index contributed by atoms with van der Waals surface area (Å²) < 4.78 is 13.2. The van der Waals surface area contributed by atoms with Gasteiger partial charge >= 0.3 is 0 Å². The van der Waals surface area contributed by atoms with Crippen molar-refractivity contribution in [2.45, 2.75) is 38.5 Å². The molecule has 2 aromatic carbocycles. The van der Waals surface area contributed by atoms with Crippen LogP contribution in [0.25, 0.3) is 0 Å². The van der Waals surface area contributed by atoms with Crippen molar-refractivity contribution in [1.29, 1.82) is 0 Å². The van der Waals surface area contributed by atoms with Crippen LogP contribution >= 0.6 is 34.5 Å². The highest BCUT2D eigenvalue weighted by molar-refractivity contribution is 7.12. The molecular formula is C32H36Cl2FN3O2S. The zero-order valence-electron chi connectivity index (χ0n) is 23.1. The van der Waals surface area contributed by atoms with Gasteiger partial charge in [-0.3, -0.25) is 9.59 Å². The molecule has 0 unspecified atom stereocenters. The van der Waals surface area contributed by atoms with Gasteiger partial charge in [-0.05, 0) is 111 Å². The summed E-state index contributed by atoms with van der Waals surface area (Å²) in [4.78, 5) is 33.6. The SMILES string of the molecule is O=C(c1cccs1)N1CCC(C(=O)N(CCCN2CCC(Cc3ccc(F)cc3)CC2)c2ccc(Cl)c(Cl)c2)CC1. The molecule has 0 saturated carbocycles. The van der Waals surface area contributed by atoms with Gasteiger partial charge < -0.3 is 14.7 Å². The zero-order chi connectivity index (χ0) is 28.8. The number of rotatable bonds is 9. The lowest BCUT2D eigenvalue weighted by molar-refractivity contribution is -0.123. The van der Waals surface area contributed by atoms with Gasteiger partial charge in [-0.2, -0.15) is 0 Å². The van der Waals surface area contributed by atoms with Crippen molar-refractivity contribution in [3.63, 3.8) is 0 Å². The fourth-order valence-electron chi connectivity index (χ4n) is 5.95. The Morgan fingerprint density at radius 3 is 2.32 bits per heavy atom. The molecular weight excluding hydrogens is 580 g/mol. The molecule has 0 spiro atoms. The second kappa shape index (κ2) is 14.1. The molecule has 0 N–H and O–H groups in total. The maximum atomic E-state index is 13.8. The van der Waals surface area contributed by atoms with Gasteiger partial charge in [-0.1, -0.05) is 41.4 Å². The maximum absolute atomic E-state index is 13.8. The van der Waals surface area contributed by atoms with Crippen molar-refractivity contribution in [3.05, 3.63) is 86.3 Å². The molecule has 0 aliphatic carbocycles. The van der Waals surface area contributed by atoms with Gasteiger partial charge in [0.25, 0.3) is 5.91 Å². The number of carbonyl (C=O) groups excluding carboxylic acids is 2. The summed E-state index contributed by atoms with van der Waals surface area (Å²) in [6, 6.07) is 16.0. The number of hydrogen-bond donors (Lipinski definition) is 0. The summed E-state index contributed by atoms with van der Waals surface area (Å²) in [5, 5.41) is 2.81. The minimum absolute atomic E-state index is 0.0497. The average molecular weight is 617 g/mol. The molecule has 218 valence electrons. The van der Waals surface area contributed by atoms with E-state index in [0.29, 0.717) is 48.4 Å². The van der Waals surface area contributed by atoms with E-state index >= 15 is 0 Å². The summed E-state index contributed by atoms with van der Waals surface area (Å²) in [5.41, 5.74) is 1.96. The monoisotopic (exact) mass is 615 g/mol. The number of nitrogens with zero attached hydrogens (tertiary/aromatic N) is 3. The van der Waals surface area contributed by atoms with Crippen LogP contribution in [0.4, 0.5) is 10.1 Å². The van der Waals surface area contributed by atoms with Gasteiger partial charge in [0.1, 0.15) is 5.82 Å². The Labute approximate surface area is 255 Å². The lowest BCUT2D eigenvalue weighted by Crippen LogP contribution is -2.45. The quantitative estimate of drug-likeness (QED) is 0.251.